The van der Waals surface area contributed by atoms with E-state index in [-0.39, 0.29) is 17.4 Å². The summed E-state index contributed by atoms with van der Waals surface area (Å²) in [6.07, 6.45) is 1.45. The molecule has 0 atom stereocenters. The van der Waals surface area contributed by atoms with Crippen LogP contribution in [0.3, 0.4) is 0 Å². The highest BCUT2D eigenvalue weighted by Crippen LogP contribution is 2.40. The number of hydrazone groups is 1. The normalized spacial score (nSPS) is 11.6. The first-order valence-corrected chi connectivity index (χ1v) is 8.93. The van der Waals surface area contributed by atoms with Crippen molar-refractivity contribution in [3.05, 3.63) is 44.8 Å². The number of H-pyrrole nitrogens is 1. The minimum atomic E-state index is -0.279. The smallest absolute Gasteiger partial charge is 0.265 e. The van der Waals surface area contributed by atoms with E-state index in [0.717, 1.165) is 10.9 Å². The maximum atomic E-state index is 9.82. The molecule has 0 spiro atoms. The largest absolute Gasteiger partial charge is 0.503 e. The van der Waals surface area contributed by atoms with Crippen molar-refractivity contribution in [3.63, 3.8) is 0 Å². The zero-order valence-electron chi connectivity index (χ0n) is 12.9. The van der Waals surface area contributed by atoms with Crippen molar-refractivity contribution in [1.29, 1.82) is 0 Å². The Morgan fingerprint density at radius 3 is 2.77 bits per heavy atom. The molecule has 0 saturated heterocycles. The number of hydrogen-bond acceptors (Lipinski definition) is 7. The molecule has 4 aromatic rings. The van der Waals surface area contributed by atoms with Crippen LogP contribution in [-0.2, 0) is 0 Å². The summed E-state index contributed by atoms with van der Waals surface area (Å²) >= 11 is 6.37. The lowest BCUT2D eigenvalue weighted by Gasteiger charge is -2.06. The van der Waals surface area contributed by atoms with E-state index in [9.17, 15) is 10.2 Å². The van der Waals surface area contributed by atoms with Gasteiger partial charge in [-0.05, 0) is 44.0 Å². The van der Waals surface area contributed by atoms with Gasteiger partial charge in [0.15, 0.2) is 17.1 Å². The number of aromatic nitrogens is 4. The lowest BCUT2D eigenvalue weighted by Crippen LogP contribution is -1.99. The number of nitrogens with one attached hydrogen (secondary N) is 2. The highest BCUT2D eigenvalue weighted by atomic mass is 79.9. The predicted molar refractivity (Wildman–Crippen MR) is 106 cm³/mol. The van der Waals surface area contributed by atoms with Crippen LogP contribution in [0.5, 0.6) is 11.5 Å². The topological polar surface area (TPSA) is 119 Å². The van der Waals surface area contributed by atoms with Gasteiger partial charge in [-0.2, -0.15) is 10.1 Å². The fourth-order valence-electron chi connectivity index (χ4n) is 2.44. The second kappa shape index (κ2) is 6.54. The molecular weight excluding hydrogens is 468 g/mol. The number of nitrogens with zero attached hydrogens (tertiary/aromatic N) is 4. The minimum absolute atomic E-state index is 0.221. The second-order valence-electron chi connectivity index (χ2n) is 5.33. The maximum absolute atomic E-state index is 9.82. The number of hydrogen-bond donors (Lipinski definition) is 4. The number of phenols is 2. The maximum Gasteiger partial charge on any atom is 0.265 e. The third-order valence-electron chi connectivity index (χ3n) is 3.68. The molecular formula is C16H10Br2N6O2. The number of fused-ring (bicyclic) bond motifs is 3. The number of halogens is 2. The van der Waals surface area contributed by atoms with Crippen LogP contribution in [0, 0.1) is 0 Å². The Morgan fingerprint density at radius 1 is 1.12 bits per heavy atom. The molecule has 2 heterocycles. The van der Waals surface area contributed by atoms with Gasteiger partial charge in [0.25, 0.3) is 5.95 Å². The predicted octanol–water partition coefficient (Wildman–Crippen LogP) is 3.89. The summed E-state index contributed by atoms with van der Waals surface area (Å²) in [5, 5.41) is 32.7. The van der Waals surface area contributed by atoms with E-state index in [2.05, 4.69) is 62.6 Å². The Bertz CT molecular complexity index is 1170. The standard InChI is InChI=1S/C16H10Br2N6O2/c17-9-5-7(11(18)14(26)13(9)25)6-19-23-16-21-15-12(22-24-16)8-3-1-2-4-10(8)20-15/h1-6,25-26H,(H2,20,21,23,24)/b19-6-. The summed E-state index contributed by atoms with van der Waals surface area (Å²) in [5.41, 5.74) is 5.45. The van der Waals surface area contributed by atoms with Gasteiger partial charge in [-0.25, -0.2) is 5.43 Å². The first-order chi connectivity index (χ1) is 12.5. The molecule has 26 heavy (non-hydrogen) atoms. The number of benzene rings is 2. The van der Waals surface area contributed by atoms with Gasteiger partial charge >= 0.3 is 0 Å². The lowest BCUT2D eigenvalue weighted by molar-refractivity contribution is 0.399. The third kappa shape index (κ3) is 2.86. The van der Waals surface area contributed by atoms with Crippen LogP contribution in [0.2, 0.25) is 0 Å². The summed E-state index contributed by atoms with van der Waals surface area (Å²) in [6, 6.07) is 9.35. The number of aromatic hydroxyl groups is 2. The molecule has 2 aromatic carbocycles. The van der Waals surface area contributed by atoms with Crippen LogP contribution in [0.1, 0.15) is 5.56 Å². The zero-order valence-corrected chi connectivity index (χ0v) is 16.1. The fraction of sp³-hybridized carbons (Fsp3) is 0. The Hall–Kier alpha value is -2.72. The van der Waals surface area contributed by atoms with Crippen LogP contribution < -0.4 is 5.43 Å². The molecule has 4 N–H and O–H groups in total. The average molecular weight is 478 g/mol. The quantitative estimate of drug-likeness (QED) is 0.202. The number of aromatic amines is 1. The van der Waals surface area contributed by atoms with Crippen molar-refractivity contribution in [1.82, 2.24) is 20.2 Å². The molecule has 0 amide bonds. The highest BCUT2D eigenvalue weighted by Gasteiger charge is 2.13. The Balaban J connectivity index is 1.62. The molecule has 0 radical (unpaired) electrons. The SMILES string of the molecule is Oc1c(Br)cc(/C=N\Nc2nnc3c(n2)[nH]c2ccccc23)c(Br)c1O. The van der Waals surface area contributed by atoms with Crippen molar-refractivity contribution in [2.75, 3.05) is 5.43 Å². The first-order valence-electron chi connectivity index (χ1n) is 7.34. The molecule has 0 unspecified atom stereocenters. The first kappa shape index (κ1) is 16.7. The molecule has 8 nitrogen and oxygen atoms in total. The molecule has 0 bridgehead atoms. The van der Waals surface area contributed by atoms with E-state index in [1.54, 1.807) is 6.07 Å². The Morgan fingerprint density at radius 2 is 1.92 bits per heavy atom. The van der Waals surface area contributed by atoms with Crippen molar-refractivity contribution < 1.29 is 10.2 Å². The van der Waals surface area contributed by atoms with E-state index < -0.39 is 0 Å². The Labute approximate surface area is 163 Å². The molecule has 0 aliphatic heterocycles. The molecule has 0 fully saturated rings. The highest BCUT2D eigenvalue weighted by molar-refractivity contribution is 9.11. The van der Waals surface area contributed by atoms with Gasteiger partial charge in [-0.1, -0.05) is 18.2 Å². The van der Waals surface area contributed by atoms with Crippen LogP contribution in [0.25, 0.3) is 22.1 Å². The number of para-hydroxylation sites is 1. The van der Waals surface area contributed by atoms with Crippen LogP contribution >= 0.6 is 31.9 Å². The third-order valence-corrected chi connectivity index (χ3v) is 5.12. The summed E-state index contributed by atoms with van der Waals surface area (Å²) in [7, 11) is 0. The molecule has 130 valence electrons. The van der Waals surface area contributed by atoms with E-state index in [1.165, 1.54) is 6.21 Å². The van der Waals surface area contributed by atoms with Crippen molar-refractivity contribution in [2.24, 2.45) is 5.10 Å². The molecule has 0 saturated carbocycles. The second-order valence-corrected chi connectivity index (χ2v) is 6.98. The molecule has 10 heteroatoms. The van der Waals surface area contributed by atoms with Crippen molar-refractivity contribution in [3.8, 4) is 11.5 Å². The number of phenolic OH excluding ortho intramolecular Hbond substituents is 2. The van der Waals surface area contributed by atoms with Crippen LogP contribution in [0.4, 0.5) is 5.95 Å². The van der Waals surface area contributed by atoms with E-state index >= 15 is 0 Å². The lowest BCUT2D eigenvalue weighted by atomic mass is 10.2. The van der Waals surface area contributed by atoms with E-state index in [1.807, 2.05) is 24.3 Å². The van der Waals surface area contributed by atoms with Crippen molar-refractivity contribution >= 4 is 66.1 Å². The van der Waals surface area contributed by atoms with Gasteiger partial charge in [0.1, 0.15) is 5.52 Å². The monoisotopic (exact) mass is 476 g/mol. The number of anilines is 1. The van der Waals surface area contributed by atoms with E-state index in [4.69, 9.17) is 0 Å². The van der Waals surface area contributed by atoms with Gasteiger partial charge in [-0.15, -0.1) is 10.2 Å². The average Bonchev–Trinajstić information content (AvgIpc) is 3.02. The molecule has 4 rings (SSSR count). The summed E-state index contributed by atoms with van der Waals surface area (Å²) in [6.45, 7) is 0. The molecule has 2 aromatic heterocycles. The zero-order chi connectivity index (χ0) is 18.3. The fourth-order valence-corrected chi connectivity index (χ4v) is 3.28. The summed E-state index contributed by atoms with van der Waals surface area (Å²) < 4.78 is 0.658. The summed E-state index contributed by atoms with van der Waals surface area (Å²) in [4.78, 5) is 7.53. The van der Waals surface area contributed by atoms with Gasteiger partial charge in [0.2, 0.25) is 0 Å². The molecule has 0 aliphatic carbocycles. The van der Waals surface area contributed by atoms with Gasteiger partial charge in [0.05, 0.1) is 15.2 Å². The van der Waals surface area contributed by atoms with Gasteiger partial charge in [-0.3, -0.25) is 0 Å². The Kier molecular flexibility index (Phi) is 4.21. The van der Waals surface area contributed by atoms with Gasteiger partial charge < -0.3 is 15.2 Å². The summed E-state index contributed by atoms with van der Waals surface area (Å²) in [5.74, 6) is -0.310. The van der Waals surface area contributed by atoms with Crippen LogP contribution in [-0.4, -0.2) is 36.6 Å². The van der Waals surface area contributed by atoms with Crippen molar-refractivity contribution in [2.45, 2.75) is 0 Å². The van der Waals surface area contributed by atoms with Gasteiger partial charge in [0, 0.05) is 16.5 Å². The van der Waals surface area contributed by atoms with E-state index in [0.29, 0.717) is 25.7 Å². The number of rotatable bonds is 3. The van der Waals surface area contributed by atoms with Crippen LogP contribution in [0.15, 0.2) is 44.4 Å². The molecule has 0 aliphatic rings. The minimum Gasteiger partial charge on any atom is -0.503 e.